The lowest BCUT2D eigenvalue weighted by molar-refractivity contribution is -0.143. The van der Waals surface area contributed by atoms with E-state index in [1.165, 1.54) is 11.1 Å². The van der Waals surface area contributed by atoms with Crippen LogP contribution in [0.25, 0.3) is 11.1 Å². The first-order valence-electron chi connectivity index (χ1n) is 12.6. The van der Waals surface area contributed by atoms with E-state index in [-0.39, 0.29) is 30.4 Å². The molecule has 2 saturated carbocycles. The molecule has 2 aromatic carbocycles. The Hall–Kier alpha value is -3.35. The van der Waals surface area contributed by atoms with Crippen LogP contribution in [0.4, 0.5) is 4.79 Å². The second-order valence-corrected chi connectivity index (χ2v) is 10.1. The number of fused-ring (bicyclic) bond motifs is 3. The van der Waals surface area contributed by atoms with E-state index in [1.807, 2.05) is 24.3 Å². The highest BCUT2D eigenvalue weighted by Gasteiger charge is 2.34. The Kier molecular flexibility index (Phi) is 6.75. The van der Waals surface area contributed by atoms with E-state index in [4.69, 9.17) is 4.74 Å². The van der Waals surface area contributed by atoms with Gasteiger partial charge in [0.25, 0.3) is 0 Å². The second-order valence-electron chi connectivity index (χ2n) is 10.1. The average molecular weight is 477 g/mol. The largest absolute Gasteiger partial charge is 0.480 e. The minimum atomic E-state index is -0.977. The lowest BCUT2D eigenvalue weighted by Crippen LogP contribution is -2.47. The van der Waals surface area contributed by atoms with Crippen molar-refractivity contribution in [1.29, 1.82) is 0 Å². The van der Waals surface area contributed by atoms with Crippen molar-refractivity contribution >= 4 is 18.0 Å². The summed E-state index contributed by atoms with van der Waals surface area (Å²) in [6, 6.07) is 15.4. The number of carbonyl (C=O) groups is 3. The molecule has 0 heterocycles. The average Bonchev–Trinajstić information content (AvgIpc) is 3.63. The molecule has 3 atom stereocenters. The SMILES string of the molecule is O=C(NC1CCCC(C(=O)NC(CC2CC2)C(=O)O)C1)OCC1c2ccccc2-c2ccccc21. The number of nitrogens with one attached hydrogen (secondary N) is 2. The molecule has 184 valence electrons. The van der Waals surface area contributed by atoms with Gasteiger partial charge in [-0.1, -0.05) is 67.8 Å². The van der Waals surface area contributed by atoms with Crippen LogP contribution < -0.4 is 10.6 Å². The number of aliphatic carboxylic acids is 1. The molecule has 2 fully saturated rings. The third kappa shape index (κ3) is 5.34. The van der Waals surface area contributed by atoms with E-state index in [2.05, 4.69) is 34.9 Å². The predicted octanol–water partition coefficient (Wildman–Crippen LogP) is 4.45. The van der Waals surface area contributed by atoms with Crippen molar-refractivity contribution in [1.82, 2.24) is 10.6 Å². The molecule has 0 saturated heterocycles. The Morgan fingerprint density at radius 1 is 0.943 bits per heavy atom. The fourth-order valence-electron chi connectivity index (χ4n) is 5.56. The van der Waals surface area contributed by atoms with Crippen LogP contribution in [0.15, 0.2) is 48.5 Å². The molecule has 0 aliphatic heterocycles. The van der Waals surface area contributed by atoms with Gasteiger partial charge in [0.2, 0.25) is 5.91 Å². The summed E-state index contributed by atoms with van der Waals surface area (Å²) in [5.41, 5.74) is 4.68. The molecule has 3 unspecified atom stereocenters. The minimum absolute atomic E-state index is 0.00236. The monoisotopic (exact) mass is 476 g/mol. The van der Waals surface area contributed by atoms with Gasteiger partial charge in [-0.15, -0.1) is 0 Å². The number of rotatable bonds is 8. The maximum absolute atomic E-state index is 12.8. The molecule has 5 rings (SSSR count). The zero-order valence-corrected chi connectivity index (χ0v) is 19.7. The van der Waals surface area contributed by atoms with Gasteiger partial charge in [-0.05, 0) is 53.9 Å². The highest BCUT2D eigenvalue weighted by molar-refractivity contribution is 5.85. The fourth-order valence-corrected chi connectivity index (χ4v) is 5.56. The standard InChI is InChI=1S/C28H32N2O5/c31-26(30-25(27(32)33)14-17-12-13-17)18-6-5-7-19(15-18)29-28(34)35-16-24-22-10-3-1-8-20(22)21-9-2-4-11-23(21)24/h1-4,8-11,17-19,24-25H,5-7,12-16H2,(H,29,34)(H,30,31)(H,32,33). The van der Waals surface area contributed by atoms with Crippen LogP contribution in [0.3, 0.4) is 0 Å². The van der Waals surface area contributed by atoms with Crippen LogP contribution in [0.5, 0.6) is 0 Å². The van der Waals surface area contributed by atoms with Gasteiger partial charge in [-0.3, -0.25) is 4.79 Å². The predicted molar refractivity (Wildman–Crippen MR) is 131 cm³/mol. The maximum atomic E-state index is 12.8. The summed E-state index contributed by atoms with van der Waals surface area (Å²) in [6.45, 7) is 0.248. The number of carboxylic acids is 1. The Bertz CT molecular complexity index is 1070. The molecule has 0 aromatic heterocycles. The van der Waals surface area contributed by atoms with Gasteiger partial charge in [0, 0.05) is 17.9 Å². The van der Waals surface area contributed by atoms with Crippen molar-refractivity contribution in [3.05, 3.63) is 59.7 Å². The molecule has 7 heteroatoms. The second kappa shape index (κ2) is 10.1. The molecule has 7 nitrogen and oxygen atoms in total. The molecular weight excluding hydrogens is 444 g/mol. The fraction of sp³-hybridized carbons (Fsp3) is 0.464. The van der Waals surface area contributed by atoms with Gasteiger partial charge in [0.05, 0.1) is 0 Å². The van der Waals surface area contributed by atoms with E-state index in [9.17, 15) is 19.5 Å². The van der Waals surface area contributed by atoms with Crippen molar-refractivity contribution < 1.29 is 24.2 Å². The Morgan fingerprint density at radius 3 is 2.23 bits per heavy atom. The Labute approximate surface area is 205 Å². The van der Waals surface area contributed by atoms with Crippen LogP contribution >= 0.6 is 0 Å². The van der Waals surface area contributed by atoms with Gasteiger partial charge in [0.15, 0.2) is 0 Å². The van der Waals surface area contributed by atoms with Crippen LogP contribution in [-0.2, 0) is 14.3 Å². The quantitative estimate of drug-likeness (QED) is 0.522. The molecule has 3 aliphatic carbocycles. The first kappa shape index (κ1) is 23.4. The van der Waals surface area contributed by atoms with Crippen LogP contribution in [0, 0.1) is 11.8 Å². The molecule has 2 amide bonds. The van der Waals surface area contributed by atoms with Crippen molar-refractivity contribution in [3.8, 4) is 11.1 Å². The van der Waals surface area contributed by atoms with E-state index in [1.54, 1.807) is 0 Å². The van der Waals surface area contributed by atoms with Crippen molar-refractivity contribution in [3.63, 3.8) is 0 Å². The Balaban J connectivity index is 1.14. The van der Waals surface area contributed by atoms with E-state index in [0.717, 1.165) is 36.8 Å². The number of benzene rings is 2. The molecule has 3 N–H and O–H groups in total. The number of hydrogen-bond acceptors (Lipinski definition) is 4. The normalized spacial score (nSPS) is 21.9. The van der Waals surface area contributed by atoms with Crippen LogP contribution in [0.2, 0.25) is 0 Å². The summed E-state index contributed by atoms with van der Waals surface area (Å²) in [5, 5.41) is 15.1. The summed E-state index contributed by atoms with van der Waals surface area (Å²) in [4.78, 5) is 37.0. The minimum Gasteiger partial charge on any atom is -0.480 e. The van der Waals surface area contributed by atoms with Gasteiger partial charge in [-0.2, -0.15) is 0 Å². The smallest absolute Gasteiger partial charge is 0.407 e. The summed E-state index contributed by atoms with van der Waals surface area (Å²) < 4.78 is 5.66. The van der Waals surface area contributed by atoms with E-state index >= 15 is 0 Å². The molecular formula is C28H32N2O5. The number of carboxylic acid groups (broad SMARTS) is 1. The summed E-state index contributed by atoms with van der Waals surface area (Å²) >= 11 is 0. The van der Waals surface area contributed by atoms with Crippen LogP contribution in [0.1, 0.15) is 62.0 Å². The summed E-state index contributed by atoms with van der Waals surface area (Å²) in [6.07, 6.45) is 4.86. The molecule has 2 aromatic rings. The van der Waals surface area contributed by atoms with Gasteiger partial charge in [0.1, 0.15) is 12.6 Å². The zero-order valence-electron chi connectivity index (χ0n) is 19.7. The highest BCUT2D eigenvalue weighted by atomic mass is 16.5. The molecule has 0 bridgehead atoms. The van der Waals surface area contributed by atoms with Crippen molar-refractivity contribution in [2.24, 2.45) is 11.8 Å². The van der Waals surface area contributed by atoms with Gasteiger partial charge < -0.3 is 20.5 Å². The number of hydrogen-bond donors (Lipinski definition) is 3. The number of ether oxygens (including phenoxy) is 1. The highest BCUT2D eigenvalue weighted by Crippen LogP contribution is 2.44. The van der Waals surface area contributed by atoms with Crippen molar-refractivity contribution in [2.75, 3.05) is 6.61 Å². The summed E-state index contributed by atoms with van der Waals surface area (Å²) in [7, 11) is 0. The topological polar surface area (TPSA) is 105 Å². The maximum Gasteiger partial charge on any atom is 0.407 e. The lowest BCUT2D eigenvalue weighted by Gasteiger charge is -2.29. The van der Waals surface area contributed by atoms with Crippen LogP contribution in [-0.4, -0.2) is 41.8 Å². The van der Waals surface area contributed by atoms with E-state index in [0.29, 0.717) is 25.2 Å². The molecule has 3 aliphatic rings. The first-order chi connectivity index (χ1) is 17.0. The first-order valence-corrected chi connectivity index (χ1v) is 12.6. The lowest BCUT2D eigenvalue weighted by atomic mass is 9.85. The van der Waals surface area contributed by atoms with Gasteiger partial charge >= 0.3 is 12.1 Å². The van der Waals surface area contributed by atoms with Crippen molar-refractivity contribution in [2.45, 2.75) is 62.9 Å². The number of amides is 2. The van der Waals surface area contributed by atoms with Gasteiger partial charge in [-0.25, -0.2) is 9.59 Å². The number of carbonyl (C=O) groups excluding carboxylic acids is 2. The molecule has 35 heavy (non-hydrogen) atoms. The third-order valence-corrected chi connectivity index (χ3v) is 7.59. The zero-order chi connectivity index (χ0) is 24.4. The summed E-state index contributed by atoms with van der Waals surface area (Å²) in [5.74, 6) is -1.10. The number of alkyl carbamates (subject to hydrolysis) is 1. The third-order valence-electron chi connectivity index (χ3n) is 7.59. The Morgan fingerprint density at radius 2 is 1.60 bits per heavy atom. The molecule has 0 radical (unpaired) electrons. The van der Waals surface area contributed by atoms with E-state index < -0.39 is 18.1 Å². The molecule has 0 spiro atoms.